The van der Waals surface area contributed by atoms with E-state index in [9.17, 15) is 5.26 Å². The van der Waals surface area contributed by atoms with Gasteiger partial charge in [-0.1, -0.05) is 19.9 Å². The summed E-state index contributed by atoms with van der Waals surface area (Å²) in [5.74, 6) is 0.617. The fraction of sp³-hybridized carbons (Fsp3) is 0.333. The molecule has 1 aromatic carbocycles. The molecule has 5 heteroatoms. The molecule has 0 fully saturated rings. The molecule has 4 nitrogen and oxygen atoms in total. The topological polar surface area (TPSA) is 53.6 Å². The van der Waals surface area contributed by atoms with E-state index in [1.807, 2.05) is 24.4 Å². The summed E-state index contributed by atoms with van der Waals surface area (Å²) < 4.78 is 2.59. The Bertz CT molecular complexity index is 625. The van der Waals surface area contributed by atoms with E-state index in [0.29, 0.717) is 11.5 Å². The van der Waals surface area contributed by atoms with Gasteiger partial charge in [-0.25, -0.2) is 4.68 Å². The number of aromatic nitrogens is 2. The number of hydrogen-bond donors (Lipinski definition) is 1. The van der Waals surface area contributed by atoms with E-state index < -0.39 is 0 Å². The average molecular weight is 333 g/mol. The highest BCUT2D eigenvalue weighted by Crippen LogP contribution is 2.18. The van der Waals surface area contributed by atoms with Crippen molar-refractivity contribution in [3.63, 3.8) is 0 Å². The van der Waals surface area contributed by atoms with Crippen LogP contribution in [-0.4, -0.2) is 16.3 Å². The number of rotatable bonds is 5. The summed E-state index contributed by atoms with van der Waals surface area (Å²) >= 11 is 3.36. The highest BCUT2D eigenvalue weighted by atomic mass is 79.9. The number of nitriles is 1. The molecule has 2 aromatic rings. The molecule has 0 saturated heterocycles. The van der Waals surface area contributed by atoms with Crippen molar-refractivity contribution in [1.82, 2.24) is 15.1 Å². The average Bonchev–Trinajstić information content (AvgIpc) is 2.84. The first-order valence-corrected chi connectivity index (χ1v) is 7.33. The molecule has 0 atom stereocenters. The molecule has 0 aliphatic heterocycles. The predicted octanol–water partition coefficient (Wildman–Crippen LogP) is 3.25. The lowest BCUT2D eigenvalue weighted by molar-refractivity contribution is 0.552. The lowest BCUT2D eigenvalue weighted by Gasteiger charge is -2.09. The standard InChI is InChI=1S/C15H17BrN4/c1-11(2)7-18-8-12-3-4-15(13(5-12)6-17)20-10-14(16)9-19-20/h3-5,9-11,18H,7-8H2,1-2H3. The number of benzene rings is 1. The molecule has 0 unspecified atom stereocenters. The van der Waals surface area contributed by atoms with E-state index in [-0.39, 0.29) is 0 Å². The van der Waals surface area contributed by atoms with Crippen molar-refractivity contribution >= 4 is 15.9 Å². The summed E-state index contributed by atoms with van der Waals surface area (Å²) in [6, 6.07) is 8.12. The summed E-state index contributed by atoms with van der Waals surface area (Å²) in [5.41, 5.74) is 2.53. The van der Waals surface area contributed by atoms with Gasteiger partial charge >= 0.3 is 0 Å². The summed E-state index contributed by atoms with van der Waals surface area (Å²) in [6.45, 7) is 6.09. The minimum atomic E-state index is 0.617. The lowest BCUT2D eigenvalue weighted by atomic mass is 10.1. The molecule has 1 heterocycles. The second-order valence-corrected chi connectivity index (χ2v) is 6.01. The molecule has 0 radical (unpaired) electrons. The summed E-state index contributed by atoms with van der Waals surface area (Å²) in [4.78, 5) is 0. The molecule has 1 N–H and O–H groups in total. The van der Waals surface area contributed by atoms with E-state index in [1.54, 1.807) is 10.9 Å². The van der Waals surface area contributed by atoms with Crippen molar-refractivity contribution in [1.29, 1.82) is 5.26 Å². The first-order chi connectivity index (χ1) is 9.60. The second kappa shape index (κ2) is 6.69. The van der Waals surface area contributed by atoms with Crippen molar-refractivity contribution in [3.05, 3.63) is 46.2 Å². The van der Waals surface area contributed by atoms with E-state index in [0.717, 1.165) is 28.8 Å². The quantitative estimate of drug-likeness (QED) is 0.914. The van der Waals surface area contributed by atoms with Crippen molar-refractivity contribution in [2.45, 2.75) is 20.4 Å². The summed E-state index contributed by atoms with van der Waals surface area (Å²) in [7, 11) is 0. The fourth-order valence-corrected chi connectivity index (χ4v) is 2.21. The fourth-order valence-electron chi connectivity index (χ4n) is 1.92. The first-order valence-electron chi connectivity index (χ1n) is 6.54. The van der Waals surface area contributed by atoms with Crippen LogP contribution in [0.5, 0.6) is 0 Å². The first kappa shape index (κ1) is 14.8. The number of hydrogen-bond acceptors (Lipinski definition) is 3. The molecule has 20 heavy (non-hydrogen) atoms. The van der Waals surface area contributed by atoms with Crippen LogP contribution in [0.2, 0.25) is 0 Å². The number of halogens is 1. The maximum Gasteiger partial charge on any atom is 0.101 e. The zero-order chi connectivity index (χ0) is 14.5. The van der Waals surface area contributed by atoms with Crippen LogP contribution >= 0.6 is 15.9 Å². The highest BCUT2D eigenvalue weighted by Gasteiger charge is 2.07. The summed E-state index contributed by atoms with van der Waals surface area (Å²) in [5, 5.41) is 16.9. The van der Waals surface area contributed by atoms with Gasteiger partial charge in [0.25, 0.3) is 0 Å². The molecule has 0 bridgehead atoms. The SMILES string of the molecule is CC(C)CNCc1ccc(-n2cc(Br)cn2)c(C#N)c1. The molecular weight excluding hydrogens is 316 g/mol. The van der Waals surface area contributed by atoms with E-state index >= 15 is 0 Å². The van der Waals surface area contributed by atoms with Gasteiger partial charge in [0.1, 0.15) is 6.07 Å². The van der Waals surface area contributed by atoms with Crippen molar-refractivity contribution in [2.75, 3.05) is 6.54 Å². The maximum atomic E-state index is 9.30. The van der Waals surface area contributed by atoms with E-state index in [4.69, 9.17) is 0 Å². The summed E-state index contributed by atoms with van der Waals surface area (Å²) in [6.07, 6.45) is 3.55. The van der Waals surface area contributed by atoms with Gasteiger partial charge in [-0.3, -0.25) is 0 Å². The van der Waals surface area contributed by atoms with E-state index in [1.165, 1.54) is 0 Å². The molecule has 0 aliphatic carbocycles. The molecule has 0 aliphatic rings. The molecule has 0 spiro atoms. The minimum absolute atomic E-state index is 0.617. The Morgan fingerprint density at radius 1 is 1.45 bits per heavy atom. The van der Waals surface area contributed by atoms with Crippen LogP contribution < -0.4 is 5.32 Å². The highest BCUT2D eigenvalue weighted by molar-refractivity contribution is 9.10. The van der Waals surface area contributed by atoms with Crippen LogP contribution in [0, 0.1) is 17.2 Å². The van der Waals surface area contributed by atoms with Gasteiger partial charge < -0.3 is 5.32 Å². The van der Waals surface area contributed by atoms with Crippen LogP contribution in [0.1, 0.15) is 25.0 Å². The Balaban J connectivity index is 2.18. The molecule has 0 amide bonds. The van der Waals surface area contributed by atoms with Crippen LogP contribution in [0.25, 0.3) is 5.69 Å². The van der Waals surface area contributed by atoms with Crippen LogP contribution in [0.4, 0.5) is 0 Å². The van der Waals surface area contributed by atoms with Crippen LogP contribution in [0.15, 0.2) is 35.1 Å². The Hall–Kier alpha value is -1.64. The number of nitrogens with zero attached hydrogens (tertiary/aromatic N) is 3. The third-order valence-electron chi connectivity index (χ3n) is 2.86. The predicted molar refractivity (Wildman–Crippen MR) is 82.5 cm³/mol. The number of nitrogens with one attached hydrogen (secondary N) is 1. The van der Waals surface area contributed by atoms with Crippen molar-refractivity contribution in [2.24, 2.45) is 5.92 Å². The van der Waals surface area contributed by atoms with Crippen molar-refractivity contribution in [3.8, 4) is 11.8 Å². The Kier molecular flexibility index (Phi) is 4.94. The van der Waals surface area contributed by atoms with Gasteiger partial charge in [-0.15, -0.1) is 0 Å². The van der Waals surface area contributed by atoms with Gasteiger partial charge in [0.15, 0.2) is 0 Å². The largest absolute Gasteiger partial charge is 0.312 e. The van der Waals surface area contributed by atoms with Gasteiger partial charge in [-0.2, -0.15) is 10.4 Å². The maximum absolute atomic E-state index is 9.30. The van der Waals surface area contributed by atoms with Crippen molar-refractivity contribution < 1.29 is 0 Å². The second-order valence-electron chi connectivity index (χ2n) is 5.09. The van der Waals surface area contributed by atoms with Gasteiger partial charge in [0.2, 0.25) is 0 Å². The van der Waals surface area contributed by atoms with Crippen LogP contribution in [0.3, 0.4) is 0 Å². The zero-order valence-corrected chi connectivity index (χ0v) is 13.2. The Morgan fingerprint density at radius 2 is 2.25 bits per heavy atom. The Labute approximate surface area is 127 Å². The molecule has 1 aromatic heterocycles. The van der Waals surface area contributed by atoms with Gasteiger partial charge in [-0.05, 0) is 46.1 Å². The molecule has 104 valence electrons. The van der Waals surface area contributed by atoms with Gasteiger partial charge in [0.05, 0.1) is 21.9 Å². The Morgan fingerprint density at radius 3 is 2.85 bits per heavy atom. The monoisotopic (exact) mass is 332 g/mol. The minimum Gasteiger partial charge on any atom is -0.312 e. The molecule has 2 rings (SSSR count). The zero-order valence-electron chi connectivity index (χ0n) is 11.6. The van der Waals surface area contributed by atoms with Gasteiger partial charge in [0, 0.05) is 12.7 Å². The molecule has 0 saturated carbocycles. The third-order valence-corrected chi connectivity index (χ3v) is 3.27. The van der Waals surface area contributed by atoms with E-state index in [2.05, 4.69) is 46.3 Å². The third kappa shape index (κ3) is 3.69. The van der Waals surface area contributed by atoms with Crippen LogP contribution in [-0.2, 0) is 6.54 Å². The normalized spacial score (nSPS) is 10.8. The lowest BCUT2D eigenvalue weighted by Crippen LogP contribution is -2.19. The molecular formula is C15H17BrN4. The smallest absolute Gasteiger partial charge is 0.101 e.